The van der Waals surface area contributed by atoms with E-state index >= 15 is 0 Å². The highest BCUT2D eigenvalue weighted by molar-refractivity contribution is 5.10. The van der Waals surface area contributed by atoms with Crippen LogP contribution in [0.2, 0.25) is 0 Å². The number of hydrogen-bond donors (Lipinski definition) is 1. The highest BCUT2D eigenvalue weighted by atomic mass is 16.3. The predicted octanol–water partition coefficient (Wildman–Crippen LogP) is 3.00. The van der Waals surface area contributed by atoms with E-state index in [-0.39, 0.29) is 5.41 Å². The molecular weight excluding hydrogens is 160 g/mol. The van der Waals surface area contributed by atoms with Crippen LogP contribution in [-0.2, 0) is 0 Å². The van der Waals surface area contributed by atoms with E-state index in [9.17, 15) is 5.11 Å². The topological polar surface area (TPSA) is 20.2 Å². The molecule has 1 N–H and O–H groups in total. The Balaban J connectivity index is 2.97. The summed E-state index contributed by atoms with van der Waals surface area (Å²) in [7, 11) is 0. The van der Waals surface area contributed by atoms with Gasteiger partial charge in [-0.15, -0.1) is 0 Å². The second-order valence-electron chi connectivity index (χ2n) is 5.14. The van der Waals surface area contributed by atoms with Gasteiger partial charge in [0, 0.05) is 0 Å². The van der Waals surface area contributed by atoms with E-state index in [4.69, 9.17) is 0 Å². The van der Waals surface area contributed by atoms with Gasteiger partial charge in [-0.05, 0) is 37.5 Å². The third kappa shape index (κ3) is 1.43. The van der Waals surface area contributed by atoms with Gasteiger partial charge in [-0.2, -0.15) is 0 Å². The third-order valence-corrected chi connectivity index (χ3v) is 4.22. The molecule has 1 aliphatic carbocycles. The molecule has 0 radical (unpaired) electrons. The van der Waals surface area contributed by atoms with E-state index in [2.05, 4.69) is 32.9 Å². The third-order valence-electron chi connectivity index (χ3n) is 4.22. The van der Waals surface area contributed by atoms with Gasteiger partial charge in [0.2, 0.25) is 0 Å². The van der Waals surface area contributed by atoms with Crippen LogP contribution in [0, 0.1) is 17.3 Å². The van der Waals surface area contributed by atoms with Crippen LogP contribution in [0.1, 0.15) is 41.0 Å². The van der Waals surface area contributed by atoms with E-state index in [1.807, 2.05) is 13.8 Å². The van der Waals surface area contributed by atoms with Crippen LogP contribution >= 0.6 is 0 Å². The van der Waals surface area contributed by atoms with Crippen molar-refractivity contribution >= 4 is 0 Å². The lowest BCUT2D eigenvalue weighted by Crippen LogP contribution is -2.42. The molecule has 0 aliphatic heterocycles. The largest absolute Gasteiger partial charge is 0.389 e. The molecule has 3 unspecified atom stereocenters. The molecule has 1 nitrogen and oxygen atoms in total. The zero-order valence-corrected chi connectivity index (χ0v) is 9.46. The van der Waals surface area contributed by atoms with Crippen molar-refractivity contribution in [1.29, 1.82) is 0 Å². The van der Waals surface area contributed by atoms with Crippen molar-refractivity contribution in [3.05, 3.63) is 12.2 Å². The molecule has 0 heterocycles. The fourth-order valence-electron chi connectivity index (χ4n) is 2.47. The number of aliphatic hydroxyl groups is 1. The van der Waals surface area contributed by atoms with Gasteiger partial charge in [0.05, 0.1) is 5.60 Å². The first-order valence-electron chi connectivity index (χ1n) is 5.19. The Morgan fingerprint density at radius 2 is 1.85 bits per heavy atom. The monoisotopic (exact) mass is 182 g/mol. The first kappa shape index (κ1) is 10.8. The van der Waals surface area contributed by atoms with Crippen molar-refractivity contribution in [2.75, 3.05) is 0 Å². The summed E-state index contributed by atoms with van der Waals surface area (Å²) in [6.45, 7) is 10.5. The molecule has 0 saturated heterocycles. The van der Waals surface area contributed by atoms with Crippen LogP contribution in [0.15, 0.2) is 12.2 Å². The second kappa shape index (κ2) is 3.13. The fourth-order valence-corrected chi connectivity index (χ4v) is 2.47. The van der Waals surface area contributed by atoms with Crippen molar-refractivity contribution in [3.8, 4) is 0 Å². The smallest absolute Gasteiger partial charge is 0.0701 e. The average molecular weight is 182 g/mol. The lowest BCUT2D eigenvalue weighted by molar-refractivity contribution is -0.0616. The zero-order valence-electron chi connectivity index (χ0n) is 9.46. The van der Waals surface area contributed by atoms with Crippen molar-refractivity contribution in [3.63, 3.8) is 0 Å². The summed E-state index contributed by atoms with van der Waals surface area (Å²) in [5.74, 6) is 0.909. The Morgan fingerprint density at radius 3 is 2.15 bits per heavy atom. The van der Waals surface area contributed by atoms with Crippen LogP contribution < -0.4 is 0 Å². The molecule has 1 rings (SSSR count). The first-order chi connectivity index (χ1) is 5.84. The van der Waals surface area contributed by atoms with Crippen LogP contribution in [0.3, 0.4) is 0 Å². The van der Waals surface area contributed by atoms with Gasteiger partial charge in [0.15, 0.2) is 0 Å². The first-order valence-corrected chi connectivity index (χ1v) is 5.19. The molecule has 1 saturated carbocycles. The molecule has 0 amide bonds. The summed E-state index contributed by atoms with van der Waals surface area (Å²) in [6, 6.07) is 0. The minimum atomic E-state index is -0.531. The van der Waals surface area contributed by atoms with E-state index in [1.165, 1.54) is 0 Å². The Morgan fingerprint density at radius 1 is 1.31 bits per heavy atom. The molecule has 1 aliphatic rings. The molecule has 0 bridgehead atoms. The van der Waals surface area contributed by atoms with Gasteiger partial charge in [-0.3, -0.25) is 0 Å². The lowest BCUT2D eigenvalue weighted by Gasteiger charge is -2.38. The highest BCUT2D eigenvalue weighted by Gasteiger charge is 2.53. The molecule has 0 aromatic heterocycles. The van der Waals surface area contributed by atoms with Gasteiger partial charge in [0.1, 0.15) is 0 Å². The standard InChI is InChI=1S/C12H22O/c1-6-7-10-8-9(2)12(5,13)11(10,3)4/h6-7,9-10,13H,8H2,1-5H3/b7-6+. The Bertz CT molecular complexity index is 213. The summed E-state index contributed by atoms with van der Waals surface area (Å²) >= 11 is 0. The van der Waals surface area contributed by atoms with Crippen molar-refractivity contribution in [2.45, 2.75) is 46.6 Å². The lowest BCUT2D eigenvalue weighted by atomic mass is 9.72. The molecule has 0 spiro atoms. The van der Waals surface area contributed by atoms with Crippen molar-refractivity contribution in [2.24, 2.45) is 17.3 Å². The molecular formula is C12H22O. The quantitative estimate of drug-likeness (QED) is 0.618. The number of allylic oxidation sites excluding steroid dienone is 2. The summed E-state index contributed by atoms with van der Waals surface area (Å²) in [6.07, 6.45) is 5.43. The van der Waals surface area contributed by atoms with E-state index in [0.717, 1.165) is 6.42 Å². The second-order valence-corrected chi connectivity index (χ2v) is 5.14. The van der Waals surface area contributed by atoms with Gasteiger partial charge in [0.25, 0.3) is 0 Å². The molecule has 1 heteroatoms. The van der Waals surface area contributed by atoms with Crippen molar-refractivity contribution < 1.29 is 5.11 Å². The number of hydrogen-bond acceptors (Lipinski definition) is 1. The predicted molar refractivity (Wildman–Crippen MR) is 56.5 cm³/mol. The van der Waals surface area contributed by atoms with Crippen LogP contribution in [0.5, 0.6) is 0 Å². The SMILES string of the molecule is C/C=C/C1CC(C)C(C)(O)C1(C)C. The minimum absolute atomic E-state index is 0.00106. The molecule has 3 atom stereocenters. The zero-order chi connectivity index (χ0) is 10.3. The summed E-state index contributed by atoms with van der Waals surface area (Å²) < 4.78 is 0. The molecule has 76 valence electrons. The van der Waals surface area contributed by atoms with Gasteiger partial charge >= 0.3 is 0 Å². The van der Waals surface area contributed by atoms with Crippen LogP contribution in [0.4, 0.5) is 0 Å². The van der Waals surface area contributed by atoms with Gasteiger partial charge < -0.3 is 5.11 Å². The minimum Gasteiger partial charge on any atom is -0.389 e. The van der Waals surface area contributed by atoms with E-state index in [0.29, 0.717) is 11.8 Å². The van der Waals surface area contributed by atoms with E-state index < -0.39 is 5.60 Å². The Labute approximate surface area is 81.9 Å². The molecule has 0 aromatic carbocycles. The molecule has 13 heavy (non-hydrogen) atoms. The van der Waals surface area contributed by atoms with E-state index in [1.54, 1.807) is 0 Å². The maximum atomic E-state index is 10.4. The normalized spacial score (nSPS) is 44.5. The molecule has 1 fully saturated rings. The van der Waals surface area contributed by atoms with Crippen molar-refractivity contribution in [1.82, 2.24) is 0 Å². The molecule has 0 aromatic rings. The average Bonchev–Trinajstić information content (AvgIpc) is 2.14. The Hall–Kier alpha value is -0.300. The maximum absolute atomic E-state index is 10.4. The summed E-state index contributed by atoms with van der Waals surface area (Å²) in [4.78, 5) is 0. The highest BCUT2D eigenvalue weighted by Crippen LogP contribution is 2.53. The van der Waals surface area contributed by atoms with Gasteiger partial charge in [-0.1, -0.05) is 32.9 Å². The fraction of sp³-hybridized carbons (Fsp3) is 0.833. The summed E-state index contributed by atoms with van der Waals surface area (Å²) in [5.41, 5.74) is -0.532. The Kier molecular flexibility index (Phi) is 2.59. The number of rotatable bonds is 1. The van der Waals surface area contributed by atoms with Crippen LogP contribution in [-0.4, -0.2) is 10.7 Å². The maximum Gasteiger partial charge on any atom is 0.0701 e. The van der Waals surface area contributed by atoms with Crippen LogP contribution in [0.25, 0.3) is 0 Å². The van der Waals surface area contributed by atoms with Gasteiger partial charge in [-0.25, -0.2) is 0 Å². The summed E-state index contributed by atoms with van der Waals surface area (Å²) in [5, 5.41) is 10.4.